The molecule has 2 aromatic rings. The highest BCUT2D eigenvalue weighted by molar-refractivity contribution is 7.48. The molecular formula is C16H23FN5O6P. The first kappa shape index (κ1) is 16.9. The van der Waals surface area contributed by atoms with Gasteiger partial charge >= 0.3 is 7.82 Å². The maximum Gasteiger partial charge on any atom is 0.475 e. The predicted octanol–water partition coefficient (Wildman–Crippen LogP) is 2.38. The summed E-state index contributed by atoms with van der Waals surface area (Å²) in [6, 6.07) is 0. The lowest BCUT2D eigenvalue weighted by atomic mass is 10.0. The molecule has 0 aliphatic carbocycles. The van der Waals surface area contributed by atoms with Crippen LogP contribution in [0.1, 0.15) is 38.0 Å². The Hall–Kier alpha value is -1.85. The zero-order chi connectivity index (χ0) is 23.5. The number of hydrogen-bond acceptors (Lipinski definition) is 10. The summed E-state index contributed by atoms with van der Waals surface area (Å²) < 4.78 is 81.0. The zero-order valence-corrected chi connectivity index (χ0v) is 16.8. The van der Waals surface area contributed by atoms with Gasteiger partial charge in [-0.05, 0) is 27.6 Å². The summed E-state index contributed by atoms with van der Waals surface area (Å²) in [6.45, 7) is 1.48. The van der Waals surface area contributed by atoms with Crippen molar-refractivity contribution in [2.75, 3.05) is 18.9 Å². The van der Waals surface area contributed by atoms with Gasteiger partial charge in [0.25, 0.3) is 0 Å². The Morgan fingerprint density at radius 3 is 3.03 bits per heavy atom. The number of nitrogen functional groups attached to an aromatic ring is 1. The maximum atomic E-state index is 16.5. The number of phosphoric ester groups is 1. The Balaban J connectivity index is 1.81. The second-order valence-corrected chi connectivity index (χ2v) is 8.44. The van der Waals surface area contributed by atoms with Crippen molar-refractivity contribution in [2.45, 2.75) is 57.8 Å². The summed E-state index contributed by atoms with van der Waals surface area (Å²) in [5.41, 5.74) is 2.73. The van der Waals surface area contributed by atoms with E-state index in [1.54, 1.807) is 20.8 Å². The molecule has 4 rings (SSSR count). The molecule has 5 atom stereocenters. The largest absolute Gasteiger partial charge is 0.476 e. The molecule has 0 bridgehead atoms. The number of rotatable bonds is 5. The molecule has 2 fully saturated rings. The van der Waals surface area contributed by atoms with E-state index < -0.39 is 51.5 Å². The molecule has 0 saturated carbocycles. The van der Waals surface area contributed by atoms with E-state index in [9.17, 15) is 4.57 Å². The number of ether oxygens (including phenoxy) is 2. The van der Waals surface area contributed by atoms with Crippen LogP contribution in [0.2, 0.25) is 0 Å². The molecule has 2 aliphatic heterocycles. The van der Waals surface area contributed by atoms with Crippen molar-refractivity contribution in [2.24, 2.45) is 0 Å². The van der Waals surface area contributed by atoms with Gasteiger partial charge in [0, 0.05) is 4.11 Å². The second-order valence-electron chi connectivity index (χ2n) is 6.86. The summed E-state index contributed by atoms with van der Waals surface area (Å²) in [5.74, 6) is -0.136. The van der Waals surface area contributed by atoms with Gasteiger partial charge in [0.15, 0.2) is 23.1 Å². The van der Waals surface area contributed by atoms with Gasteiger partial charge in [-0.25, -0.2) is 13.9 Å². The van der Waals surface area contributed by atoms with Gasteiger partial charge in [0.1, 0.15) is 12.2 Å². The molecular weight excluding hydrogens is 409 g/mol. The quantitative estimate of drug-likeness (QED) is 0.551. The van der Waals surface area contributed by atoms with Crippen LogP contribution in [0.4, 0.5) is 10.3 Å². The summed E-state index contributed by atoms with van der Waals surface area (Å²) in [5, 5.41) is 0. The van der Waals surface area contributed by atoms with Gasteiger partial charge in [0.05, 0.1) is 25.6 Å². The number of fused-ring (bicyclic) bond motifs is 2. The van der Waals surface area contributed by atoms with Crippen molar-refractivity contribution < 1.29 is 36.1 Å². The Morgan fingerprint density at radius 1 is 1.55 bits per heavy atom. The van der Waals surface area contributed by atoms with Gasteiger partial charge in [0.2, 0.25) is 11.8 Å². The van der Waals surface area contributed by atoms with Crippen LogP contribution in [-0.2, 0) is 22.9 Å². The SMILES string of the molecule is [2H][13C]([2H])([2H])[C@@]1(F)[C@@H]2O[P@](=O)(OC(C)C)OC[C@H]2O[C@H]1n1cnc2c(OCC)nc(N)nc21. The number of nitrogens with zero attached hydrogens (tertiary/aromatic N) is 4. The summed E-state index contributed by atoms with van der Waals surface area (Å²) in [4.78, 5) is 12.2. The highest BCUT2D eigenvalue weighted by Gasteiger charge is 2.61. The monoisotopic (exact) mass is 435 g/mol. The van der Waals surface area contributed by atoms with Crippen LogP contribution < -0.4 is 10.5 Å². The summed E-state index contributed by atoms with van der Waals surface area (Å²) in [6.07, 6.45) is -4.18. The minimum absolute atomic E-state index is 0.00148. The molecule has 0 amide bonds. The minimum Gasteiger partial charge on any atom is -0.476 e. The van der Waals surface area contributed by atoms with E-state index in [1.807, 2.05) is 0 Å². The molecule has 2 saturated heterocycles. The summed E-state index contributed by atoms with van der Waals surface area (Å²) in [7, 11) is -4.23. The molecule has 2 N–H and O–H groups in total. The maximum absolute atomic E-state index is 16.5. The topological polar surface area (TPSA) is 133 Å². The van der Waals surface area contributed by atoms with E-state index in [2.05, 4.69) is 15.0 Å². The highest BCUT2D eigenvalue weighted by Crippen LogP contribution is 2.60. The third kappa shape index (κ3) is 3.49. The van der Waals surface area contributed by atoms with E-state index >= 15 is 4.39 Å². The van der Waals surface area contributed by atoms with Crippen LogP contribution in [0, 0.1) is 0 Å². The Morgan fingerprint density at radius 2 is 2.34 bits per heavy atom. The van der Waals surface area contributed by atoms with E-state index in [0.29, 0.717) is 0 Å². The molecule has 0 radical (unpaired) electrons. The van der Waals surface area contributed by atoms with Crippen molar-refractivity contribution in [3.8, 4) is 5.88 Å². The number of halogens is 1. The smallest absolute Gasteiger partial charge is 0.475 e. The number of aromatic nitrogens is 4. The van der Waals surface area contributed by atoms with E-state index in [0.717, 1.165) is 10.9 Å². The Kier molecular flexibility index (Phi) is 4.16. The Bertz CT molecular complexity index is 1070. The highest BCUT2D eigenvalue weighted by atomic mass is 31.2. The lowest BCUT2D eigenvalue weighted by Gasteiger charge is -2.34. The molecule has 29 heavy (non-hydrogen) atoms. The van der Waals surface area contributed by atoms with Gasteiger partial charge in [-0.1, -0.05) is 0 Å². The van der Waals surface area contributed by atoms with Crippen LogP contribution in [0.5, 0.6) is 5.88 Å². The van der Waals surface area contributed by atoms with Crippen molar-refractivity contribution in [1.82, 2.24) is 19.5 Å². The van der Waals surface area contributed by atoms with Crippen molar-refractivity contribution in [1.29, 1.82) is 0 Å². The van der Waals surface area contributed by atoms with E-state index in [4.69, 9.17) is 32.9 Å². The fourth-order valence-electron chi connectivity index (χ4n) is 3.25. The second kappa shape index (κ2) is 7.13. The fourth-order valence-corrected chi connectivity index (χ4v) is 4.83. The molecule has 4 heterocycles. The van der Waals surface area contributed by atoms with Gasteiger partial charge < -0.3 is 15.2 Å². The normalized spacial score (nSPS) is 36.6. The fraction of sp³-hybridized carbons (Fsp3) is 0.688. The van der Waals surface area contributed by atoms with Crippen molar-refractivity contribution >= 4 is 24.9 Å². The number of anilines is 1. The number of nitrogens with two attached hydrogens (primary N) is 1. The van der Waals surface area contributed by atoms with Crippen LogP contribution in [-0.4, -0.2) is 56.7 Å². The molecule has 0 unspecified atom stereocenters. The van der Waals surface area contributed by atoms with Gasteiger partial charge in [-0.15, -0.1) is 0 Å². The van der Waals surface area contributed by atoms with Crippen molar-refractivity contribution in [3.63, 3.8) is 0 Å². The van der Waals surface area contributed by atoms with Crippen LogP contribution in [0.3, 0.4) is 0 Å². The lowest BCUT2D eigenvalue weighted by molar-refractivity contribution is -0.0733. The molecule has 0 aromatic carbocycles. The molecule has 2 aliphatic rings. The minimum atomic E-state index is -4.23. The van der Waals surface area contributed by atoms with Crippen LogP contribution in [0.25, 0.3) is 11.2 Å². The van der Waals surface area contributed by atoms with Crippen LogP contribution in [0.15, 0.2) is 6.33 Å². The number of phosphoric acid groups is 1. The first-order valence-electron chi connectivity index (χ1n) is 10.5. The first-order valence-corrected chi connectivity index (χ1v) is 10.4. The van der Waals surface area contributed by atoms with E-state index in [-0.39, 0.29) is 29.6 Å². The predicted molar refractivity (Wildman–Crippen MR) is 99.0 cm³/mol. The zero-order valence-electron chi connectivity index (χ0n) is 18.9. The molecule has 2 aromatic heterocycles. The Labute approximate surface area is 170 Å². The molecule has 13 heteroatoms. The number of alkyl halides is 1. The average molecular weight is 435 g/mol. The molecule has 160 valence electrons. The van der Waals surface area contributed by atoms with Gasteiger partial charge in [-0.3, -0.25) is 18.1 Å². The van der Waals surface area contributed by atoms with Crippen LogP contribution >= 0.6 is 7.82 Å². The summed E-state index contributed by atoms with van der Waals surface area (Å²) >= 11 is 0. The third-order valence-corrected chi connectivity index (χ3v) is 5.97. The standard InChI is InChI=1S/C16H23FN5O6P/c1-5-24-13-10-12(20-15(18)21-13)22(7-19-10)14-16(4,17)11-9(26-14)6-25-29(23,28-11)27-8(2)3/h7-9,11,14H,5-6H2,1-4H3,(H2,18,20,21)/t9-,11-,14-,16-,29+/m1/s1/i4+1D3. The first-order chi connectivity index (χ1) is 14.9. The van der Waals surface area contributed by atoms with Gasteiger partial charge in [-0.2, -0.15) is 9.97 Å². The third-order valence-electron chi connectivity index (χ3n) is 4.33. The number of imidazole rings is 1. The number of hydrogen-bond donors (Lipinski definition) is 1. The lowest BCUT2D eigenvalue weighted by Crippen LogP contribution is -2.45. The van der Waals surface area contributed by atoms with E-state index in [1.165, 1.54) is 0 Å². The van der Waals surface area contributed by atoms with Crippen molar-refractivity contribution in [3.05, 3.63) is 6.33 Å². The molecule has 11 nitrogen and oxygen atoms in total. The molecule has 0 spiro atoms. The average Bonchev–Trinajstić information content (AvgIpc) is 3.20.